The van der Waals surface area contributed by atoms with Crippen LogP contribution in [0.4, 0.5) is 0 Å². The molecule has 3 aliphatic rings. The van der Waals surface area contributed by atoms with Crippen LogP contribution in [0.5, 0.6) is 0 Å². The molecule has 3 rings (SSSR count). The summed E-state index contributed by atoms with van der Waals surface area (Å²) in [4.78, 5) is 12.1. The van der Waals surface area contributed by atoms with Crippen LogP contribution in [-0.4, -0.2) is 13.1 Å². The fourth-order valence-electron chi connectivity index (χ4n) is 5.54. The monoisotopic (exact) mass is 236 g/mol. The number of ether oxygens (including phenoxy) is 1. The molecule has 0 aromatic rings. The van der Waals surface area contributed by atoms with Gasteiger partial charge in [0.15, 0.2) is 0 Å². The van der Waals surface area contributed by atoms with Gasteiger partial charge in [-0.1, -0.05) is 13.3 Å². The molecule has 3 saturated carbocycles. The van der Waals surface area contributed by atoms with Crippen LogP contribution in [-0.2, 0) is 9.53 Å². The van der Waals surface area contributed by atoms with Gasteiger partial charge < -0.3 is 4.74 Å². The largest absolute Gasteiger partial charge is 0.469 e. The third-order valence-corrected chi connectivity index (χ3v) is 6.22. The highest BCUT2D eigenvalue weighted by Gasteiger charge is 2.63. The van der Waals surface area contributed by atoms with Gasteiger partial charge in [0, 0.05) is 0 Å². The van der Waals surface area contributed by atoms with Crippen LogP contribution >= 0.6 is 0 Å². The van der Waals surface area contributed by atoms with Crippen LogP contribution in [0.25, 0.3) is 0 Å². The van der Waals surface area contributed by atoms with E-state index in [0.717, 1.165) is 30.1 Å². The molecule has 0 saturated heterocycles. The maximum atomic E-state index is 12.1. The lowest BCUT2D eigenvalue weighted by molar-refractivity contribution is -0.157. The van der Waals surface area contributed by atoms with Crippen molar-refractivity contribution in [2.75, 3.05) is 7.11 Å². The minimum Gasteiger partial charge on any atom is -0.469 e. The molecule has 0 aromatic heterocycles. The molecule has 0 N–H and O–H groups in total. The quantitative estimate of drug-likeness (QED) is 0.688. The Balaban J connectivity index is 1.89. The standard InChI is InChI=1S/C15H24O2/c1-4-9-5-6-11-10-7-12(13(9)11)15(2,8-10)14(16)17-3/h9-13H,4-8H2,1-3H3. The molecule has 0 spiro atoms. The summed E-state index contributed by atoms with van der Waals surface area (Å²) in [5, 5.41) is 0. The molecule has 17 heavy (non-hydrogen) atoms. The van der Waals surface area contributed by atoms with Crippen molar-refractivity contribution in [3.05, 3.63) is 0 Å². The highest BCUT2D eigenvalue weighted by atomic mass is 16.5. The summed E-state index contributed by atoms with van der Waals surface area (Å²) in [7, 11) is 1.54. The number of rotatable bonds is 2. The summed E-state index contributed by atoms with van der Waals surface area (Å²) in [5.41, 5.74) is -0.168. The third-order valence-electron chi connectivity index (χ3n) is 6.22. The van der Waals surface area contributed by atoms with E-state index in [1.807, 2.05) is 0 Å². The second kappa shape index (κ2) is 3.73. The van der Waals surface area contributed by atoms with Gasteiger partial charge in [0.1, 0.15) is 0 Å². The molecule has 0 aromatic carbocycles. The summed E-state index contributed by atoms with van der Waals surface area (Å²) in [6.07, 6.45) is 6.48. The first kappa shape index (κ1) is 11.6. The Bertz CT molecular complexity index is 338. The van der Waals surface area contributed by atoms with Gasteiger partial charge in [-0.2, -0.15) is 0 Å². The Hall–Kier alpha value is -0.530. The number of hydrogen-bond acceptors (Lipinski definition) is 2. The van der Waals surface area contributed by atoms with Gasteiger partial charge in [-0.3, -0.25) is 4.79 Å². The molecule has 2 heteroatoms. The summed E-state index contributed by atoms with van der Waals surface area (Å²) in [6, 6.07) is 0. The Morgan fingerprint density at radius 1 is 1.41 bits per heavy atom. The lowest BCUT2D eigenvalue weighted by Gasteiger charge is -2.40. The van der Waals surface area contributed by atoms with Crippen LogP contribution in [0.15, 0.2) is 0 Å². The van der Waals surface area contributed by atoms with Crippen LogP contribution in [0.3, 0.4) is 0 Å². The number of esters is 1. The highest BCUT2D eigenvalue weighted by Crippen LogP contribution is 2.67. The van der Waals surface area contributed by atoms with Gasteiger partial charge in [0.25, 0.3) is 0 Å². The first-order valence-electron chi connectivity index (χ1n) is 7.20. The second-order valence-corrected chi connectivity index (χ2v) is 6.70. The molecule has 0 amide bonds. The maximum Gasteiger partial charge on any atom is 0.311 e. The molecule has 6 atom stereocenters. The second-order valence-electron chi connectivity index (χ2n) is 6.70. The van der Waals surface area contributed by atoms with Crippen molar-refractivity contribution < 1.29 is 9.53 Å². The fourth-order valence-corrected chi connectivity index (χ4v) is 5.54. The number of hydrogen-bond donors (Lipinski definition) is 0. The average Bonchev–Trinajstić information content (AvgIpc) is 2.96. The smallest absolute Gasteiger partial charge is 0.311 e. The van der Waals surface area contributed by atoms with E-state index in [1.165, 1.54) is 25.7 Å². The van der Waals surface area contributed by atoms with Gasteiger partial charge in [0.05, 0.1) is 12.5 Å². The van der Waals surface area contributed by atoms with Crippen LogP contribution < -0.4 is 0 Å². The van der Waals surface area contributed by atoms with Gasteiger partial charge in [-0.05, 0) is 62.2 Å². The first-order chi connectivity index (χ1) is 8.11. The molecule has 0 radical (unpaired) electrons. The average molecular weight is 236 g/mol. The number of fused-ring (bicyclic) bond motifs is 5. The zero-order valence-corrected chi connectivity index (χ0v) is 11.2. The fraction of sp³-hybridized carbons (Fsp3) is 0.933. The molecular formula is C15H24O2. The Morgan fingerprint density at radius 3 is 2.82 bits per heavy atom. The first-order valence-corrected chi connectivity index (χ1v) is 7.20. The minimum atomic E-state index is -0.168. The predicted molar refractivity (Wildman–Crippen MR) is 66.3 cm³/mol. The molecule has 6 unspecified atom stereocenters. The lowest BCUT2D eigenvalue weighted by Crippen LogP contribution is -2.41. The normalized spacial score (nSPS) is 51.6. The van der Waals surface area contributed by atoms with E-state index in [1.54, 1.807) is 7.11 Å². The van der Waals surface area contributed by atoms with Crippen molar-refractivity contribution in [1.29, 1.82) is 0 Å². The third kappa shape index (κ3) is 1.36. The summed E-state index contributed by atoms with van der Waals surface area (Å²) in [5.74, 6) is 4.10. The van der Waals surface area contributed by atoms with Crippen LogP contribution in [0.1, 0.15) is 46.0 Å². The lowest BCUT2D eigenvalue weighted by atomic mass is 9.64. The van der Waals surface area contributed by atoms with E-state index in [-0.39, 0.29) is 11.4 Å². The van der Waals surface area contributed by atoms with E-state index in [2.05, 4.69) is 13.8 Å². The Labute approximate surface area is 104 Å². The number of carbonyl (C=O) groups excluding carboxylic acids is 1. The van der Waals surface area contributed by atoms with E-state index in [4.69, 9.17) is 4.74 Å². The van der Waals surface area contributed by atoms with Crippen molar-refractivity contribution in [3.8, 4) is 0 Å². The van der Waals surface area contributed by atoms with Crippen molar-refractivity contribution in [1.82, 2.24) is 0 Å². The molecule has 2 bridgehead atoms. The zero-order chi connectivity index (χ0) is 12.2. The van der Waals surface area contributed by atoms with Crippen molar-refractivity contribution >= 4 is 5.97 Å². The molecule has 96 valence electrons. The van der Waals surface area contributed by atoms with Crippen molar-refractivity contribution in [2.45, 2.75) is 46.0 Å². The summed E-state index contributed by atoms with van der Waals surface area (Å²) >= 11 is 0. The molecule has 0 aliphatic heterocycles. The number of methoxy groups -OCH3 is 1. The molecule has 2 nitrogen and oxygen atoms in total. The minimum absolute atomic E-state index is 0.0465. The summed E-state index contributed by atoms with van der Waals surface area (Å²) < 4.78 is 5.07. The topological polar surface area (TPSA) is 26.3 Å². The van der Waals surface area contributed by atoms with Gasteiger partial charge in [-0.15, -0.1) is 0 Å². The number of carbonyl (C=O) groups is 1. The van der Waals surface area contributed by atoms with Crippen LogP contribution in [0, 0.1) is 35.0 Å². The Kier molecular flexibility index (Phi) is 2.53. The molecule has 3 aliphatic carbocycles. The maximum absolute atomic E-state index is 12.1. The van der Waals surface area contributed by atoms with Crippen LogP contribution in [0.2, 0.25) is 0 Å². The van der Waals surface area contributed by atoms with Crippen molar-refractivity contribution in [2.24, 2.45) is 35.0 Å². The Morgan fingerprint density at radius 2 is 2.18 bits per heavy atom. The van der Waals surface area contributed by atoms with E-state index in [0.29, 0.717) is 5.92 Å². The molecule has 0 heterocycles. The van der Waals surface area contributed by atoms with Gasteiger partial charge >= 0.3 is 5.97 Å². The zero-order valence-electron chi connectivity index (χ0n) is 11.2. The molecular weight excluding hydrogens is 212 g/mol. The highest BCUT2D eigenvalue weighted by molar-refractivity contribution is 5.77. The summed E-state index contributed by atoms with van der Waals surface area (Å²) in [6.45, 7) is 4.47. The van der Waals surface area contributed by atoms with Crippen molar-refractivity contribution in [3.63, 3.8) is 0 Å². The SMILES string of the molecule is CCC1CCC2C3CC(C12)C(C)(C(=O)OC)C3. The predicted octanol–water partition coefficient (Wildman–Crippen LogP) is 3.26. The van der Waals surface area contributed by atoms with Gasteiger partial charge in [-0.25, -0.2) is 0 Å². The van der Waals surface area contributed by atoms with E-state index in [9.17, 15) is 4.79 Å². The van der Waals surface area contributed by atoms with Gasteiger partial charge in [0.2, 0.25) is 0 Å². The molecule has 3 fully saturated rings. The van der Waals surface area contributed by atoms with E-state index >= 15 is 0 Å². The van der Waals surface area contributed by atoms with E-state index < -0.39 is 0 Å².